The van der Waals surface area contributed by atoms with Crippen LogP contribution in [0.2, 0.25) is 19.6 Å². The van der Waals surface area contributed by atoms with Crippen molar-refractivity contribution in [2.24, 2.45) is 0 Å². The second kappa shape index (κ2) is 8.83. The standard InChI is InChI=1S/C17H26O2Si/c1-20(2,3)15-7-4-8-16-9-11-17(12-10-16)19-14-6-5-13-18/h9-12,18H,4-6,8,13-14H2,1-3H3. The van der Waals surface area contributed by atoms with Crippen LogP contribution in [0.1, 0.15) is 24.8 Å². The summed E-state index contributed by atoms with van der Waals surface area (Å²) in [5.74, 6) is 4.20. The third-order valence-corrected chi connectivity index (χ3v) is 3.67. The first-order chi connectivity index (χ1) is 9.51. The van der Waals surface area contributed by atoms with Gasteiger partial charge in [0.25, 0.3) is 0 Å². The van der Waals surface area contributed by atoms with Crippen LogP contribution >= 0.6 is 0 Å². The molecule has 3 heteroatoms. The zero-order chi connectivity index (χ0) is 14.8. The van der Waals surface area contributed by atoms with Crippen LogP contribution < -0.4 is 4.74 Å². The van der Waals surface area contributed by atoms with Crippen molar-refractivity contribution in [3.8, 4) is 17.2 Å². The van der Waals surface area contributed by atoms with Crippen LogP contribution in [0.4, 0.5) is 0 Å². The monoisotopic (exact) mass is 290 g/mol. The van der Waals surface area contributed by atoms with Gasteiger partial charge in [-0.2, -0.15) is 0 Å². The highest BCUT2D eigenvalue weighted by Crippen LogP contribution is 2.13. The summed E-state index contributed by atoms with van der Waals surface area (Å²) in [5.41, 5.74) is 4.69. The summed E-state index contributed by atoms with van der Waals surface area (Å²) >= 11 is 0. The van der Waals surface area contributed by atoms with Crippen molar-refractivity contribution in [1.29, 1.82) is 0 Å². The highest BCUT2D eigenvalue weighted by atomic mass is 28.3. The Morgan fingerprint density at radius 1 is 1.10 bits per heavy atom. The number of aryl methyl sites for hydroxylation is 1. The molecule has 0 heterocycles. The van der Waals surface area contributed by atoms with Gasteiger partial charge in [0.05, 0.1) is 6.61 Å². The van der Waals surface area contributed by atoms with Gasteiger partial charge in [-0.05, 0) is 37.0 Å². The summed E-state index contributed by atoms with van der Waals surface area (Å²) in [5, 5.41) is 8.69. The molecule has 2 nitrogen and oxygen atoms in total. The van der Waals surface area contributed by atoms with E-state index in [4.69, 9.17) is 9.84 Å². The highest BCUT2D eigenvalue weighted by molar-refractivity contribution is 6.83. The van der Waals surface area contributed by atoms with Gasteiger partial charge < -0.3 is 9.84 Å². The Morgan fingerprint density at radius 3 is 2.40 bits per heavy atom. The molecule has 0 spiro atoms. The normalized spacial score (nSPS) is 10.8. The molecule has 0 aliphatic carbocycles. The van der Waals surface area contributed by atoms with Gasteiger partial charge in [0.2, 0.25) is 0 Å². The van der Waals surface area contributed by atoms with E-state index in [1.165, 1.54) is 5.56 Å². The summed E-state index contributed by atoms with van der Waals surface area (Å²) < 4.78 is 5.60. The van der Waals surface area contributed by atoms with E-state index in [2.05, 4.69) is 43.2 Å². The number of aliphatic hydroxyl groups is 1. The Labute approximate surface area is 124 Å². The number of ether oxygens (including phenoxy) is 1. The smallest absolute Gasteiger partial charge is 0.129 e. The van der Waals surface area contributed by atoms with E-state index in [-0.39, 0.29) is 6.61 Å². The largest absolute Gasteiger partial charge is 0.494 e. The molecule has 1 rings (SSSR count). The van der Waals surface area contributed by atoms with Crippen molar-refractivity contribution in [3.63, 3.8) is 0 Å². The van der Waals surface area contributed by atoms with Gasteiger partial charge >= 0.3 is 0 Å². The maximum atomic E-state index is 8.69. The SMILES string of the molecule is C[Si](C)(C)C#CCCc1ccc(OCCCCO)cc1. The molecule has 1 aromatic rings. The molecular weight excluding hydrogens is 264 g/mol. The van der Waals surface area contributed by atoms with E-state index >= 15 is 0 Å². The van der Waals surface area contributed by atoms with Gasteiger partial charge in [0.1, 0.15) is 13.8 Å². The number of rotatable bonds is 7. The van der Waals surface area contributed by atoms with Crippen LogP contribution in [0, 0.1) is 11.5 Å². The molecule has 20 heavy (non-hydrogen) atoms. The molecule has 110 valence electrons. The van der Waals surface area contributed by atoms with Gasteiger partial charge in [-0.25, -0.2) is 0 Å². The van der Waals surface area contributed by atoms with Crippen molar-refractivity contribution in [2.45, 2.75) is 45.3 Å². The van der Waals surface area contributed by atoms with E-state index in [9.17, 15) is 0 Å². The average molecular weight is 290 g/mol. The first-order valence-electron chi connectivity index (χ1n) is 7.34. The van der Waals surface area contributed by atoms with E-state index in [1.807, 2.05) is 12.1 Å². The summed E-state index contributed by atoms with van der Waals surface area (Å²) in [7, 11) is -1.23. The van der Waals surface area contributed by atoms with Gasteiger partial charge in [-0.1, -0.05) is 31.8 Å². The molecule has 1 N–H and O–H groups in total. The predicted molar refractivity (Wildman–Crippen MR) is 87.7 cm³/mol. The minimum Gasteiger partial charge on any atom is -0.494 e. The Balaban J connectivity index is 2.33. The maximum absolute atomic E-state index is 8.69. The molecule has 0 unspecified atom stereocenters. The van der Waals surface area contributed by atoms with Gasteiger partial charge in [0, 0.05) is 13.0 Å². The molecular formula is C17H26O2Si. The molecule has 0 bridgehead atoms. The lowest BCUT2D eigenvalue weighted by molar-refractivity contribution is 0.253. The Bertz CT molecular complexity index is 435. The van der Waals surface area contributed by atoms with E-state index in [1.54, 1.807) is 0 Å². The summed E-state index contributed by atoms with van der Waals surface area (Å²) in [6.07, 6.45) is 3.63. The van der Waals surface area contributed by atoms with Gasteiger partial charge in [-0.15, -0.1) is 11.5 Å². The van der Waals surface area contributed by atoms with Crippen molar-refractivity contribution in [3.05, 3.63) is 29.8 Å². The maximum Gasteiger partial charge on any atom is 0.129 e. The van der Waals surface area contributed by atoms with E-state index in [0.29, 0.717) is 6.61 Å². The lowest BCUT2D eigenvalue weighted by Crippen LogP contribution is -2.16. The van der Waals surface area contributed by atoms with Crippen molar-refractivity contribution < 1.29 is 9.84 Å². The van der Waals surface area contributed by atoms with Crippen LogP contribution in [0.3, 0.4) is 0 Å². The molecule has 0 fully saturated rings. The number of aliphatic hydroxyl groups excluding tert-OH is 1. The molecule has 0 radical (unpaired) electrons. The number of benzene rings is 1. The Hall–Kier alpha value is -1.24. The summed E-state index contributed by atoms with van der Waals surface area (Å²) in [4.78, 5) is 0. The first kappa shape index (κ1) is 16.8. The predicted octanol–water partition coefficient (Wildman–Crippen LogP) is 3.65. The molecule has 0 amide bonds. The fourth-order valence-electron chi connectivity index (χ4n) is 1.69. The van der Waals surface area contributed by atoms with E-state index in [0.717, 1.165) is 31.4 Å². The van der Waals surface area contributed by atoms with E-state index < -0.39 is 8.07 Å². The summed E-state index contributed by atoms with van der Waals surface area (Å²) in [6.45, 7) is 7.71. The van der Waals surface area contributed by atoms with Crippen LogP contribution in [0.15, 0.2) is 24.3 Å². The van der Waals surface area contributed by atoms with Crippen LogP contribution in [0.5, 0.6) is 5.75 Å². The third kappa shape index (κ3) is 8.03. The highest BCUT2D eigenvalue weighted by Gasteiger charge is 2.06. The van der Waals surface area contributed by atoms with Crippen LogP contribution in [0.25, 0.3) is 0 Å². The molecule has 0 aliphatic rings. The fraction of sp³-hybridized carbons (Fsp3) is 0.529. The average Bonchev–Trinajstić information content (AvgIpc) is 2.40. The number of unbranched alkanes of at least 4 members (excludes halogenated alkanes) is 1. The van der Waals surface area contributed by atoms with Gasteiger partial charge in [-0.3, -0.25) is 0 Å². The molecule has 0 atom stereocenters. The van der Waals surface area contributed by atoms with Crippen molar-refractivity contribution >= 4 is 8.07 Å². The third-order valence-electron chi connectivity index (χ3n) is 2.75. The second-order valence-electron chi connectivity index (χ2n) is 5.97. The Morgan fingerprint density at radius 2 is 1.80 bits per heavy atom. The molecule has 1 aromatic carbocycles. The van der Waals surface area contributed by atoms with Crippen molar-refractivity contribution in [2.75, 3.05) is 13.2 Å². The molecule has 0 aromatic heterocycles. The topological polar surface area (TPSA) is 29.5 Å². The fourth-order valence-corrected chi connectivity index (χ4v) is 2.35. The van der Waals surface area contributed by atoms with Gasteiger partial charge in [0.15, 0.2) is 0 Å². The lowest BCUT2D eigenvalue weighted by atomic mass is 10.1. The number of hydrogen-bond donors (Lipinski definition) is 1. The first-order valence-corrected chi connectivity index (χ1v) is 10.8. The van der Waals surface area contributed by atoms with Crippen LogP contribution in [-0.4, -0.2) is 26.4 Å². The minimum absolute atomic E-state index is 0.237. The quantitative estimate of drug-likeness (QED) is 0.472. The zero-order valence-electron chi connectivity index (χ0n) is 12.9. The second-order valence-corrected chi connectivity index (χ2v) is 10.7. The van der Waals surface area contributed by atoms with Crippen molar-refractivity contribution in [1.82, 2.24) is 0 Å². The number of hydrogen-bond acceptors (Lipinski definition) is 2. The minimum atomic E-state index is -1.23. The molecule has 0 saturated carbocycles. The molecule has 0 aliphatic heterocycles. The molecule has 0 saturated heterocycles. The zero-order valence-corrected chi connectivity index (χ0v) is 13.9. The summed E-state index contributed by atoms with van der Waals surface area (Å²) in [6, 6.07) is 8.25. The van der Waals surface area contributed by atoms with Crippen LogP contribution in [-0.2, 0) is 6.42 Å². The lowest BCUT2D eigenvalue weighted by Gasteiger charge is -2.06. The Kier molecular flexibility index (Phi) is 7.43.